The minimum atomic E-state index is -0.0479. The average Bonchev–Trinajstić information content (AvgIpc) is 2.38. The maximum Gasteiger partial charge on any atom is 0.137 e. The Morgan fingerprint density at radius 3 is 2.67 bits per heavy atom. The highest BCUT2D eigenvalue weighted by Crippen LogP contribution is 2.12. The summed E-state index contributed by atoms with van der Waals surface area (Å²) in [6.07, 6.45) is 2.54. The number of methoxy groups -OCH3 is 1. The molecule has 0 unspecified atom stereocenters. The van der Waals surface area contributed by atoms with Crippen LogP contribution in [0.1, 0.15) is 25.1 Å². The van der Waals surface area contributed by atoms with Gasteiger partial charge in [0, 0.05) is 26.2 Å². The molecule has 0 spiro atoms. The molecule has 2 N–H and O–H groups in total. The third kappa shape index (κ3) is 5.95. The predicted molar refractivity (Wildman–Crippen MR) is 69.6 cm³/mol. The van der Waals surface area contributed by atoms with Gasteiger partial charge in [0.2, 0.25) is 0 Å². The van der Waals surface area contributed by atoms with Crippen LogP contribution in [0.15, 0.2) is 18.3 Å². The van der Waals surface area contributed by atoms with Crippen LogP contribution >= 0.6 is 0 Å². The summed E-state index contributed by atoms with van der Waals surface area (Å²) in [6.45, 7) is 4.45. The van der Waals surface area contributed by atoms with Gasteiger partial charge in [-0.1, -0.05) is 0 Å². The van der Waals surface area contributed by atoms with Gasteiger partial charge in [0.05, 0.1) is 31.7 Å². The van der Waals surface area contributed by atoms with Crippen LogP contribution in [0, 0.1) is 0 Å². The standard InChI is InChI=1S/C13H22N2O3/c1-11(14)13-5-4-12(10-15-13)18-7-3-6-17-9-8-16-2/h4-5,10-11H,3,6-9,14H2,1-2H3/t11-/m0/s1. The minimum Gasteiger partial charge on any atom is -0.492 e. The molecule has 0 radical (unpaired) electrons. The van der Waals surface area contributed by atoms with E-state index in [1.54, 1.807) is 13.3 Å². The fourth-order valence-corrected chi connectivity index (χ4v) is 1.34. The SMILES string of the molecule is COCCOCCCOc1ccc([C@H](C)N)nc1. The molecule has 0 saturated heterocycles. The van der Waals surface area contributed by atoms with Crippen LogP contribution in [0.5, 0.6) is 5.75 Å². The largest absolute Gasteiger partial charge is 0.492 e. The predicted octanol–water partition coefficient (Wildman–Crippen LogP) is 1.53. The van der Waals surface area contributed by atoms with Gasteiger partial charge in [-0.15, -0.1) is 0 Å². The molecule has 1 atom stereocenters. The third-order valence-electron chi connectivity index (χ3n) is 2.36. The van der Waals surface area contributed by atoms with Crippen molar-refractivity contribution in [2.75, 3.05) is 33.5 Å². The second kappa shape index (κ2) is 8.85. The number of nitrogens with zero attached hydrogens (tertiary/aromatic N) is 1. The van der Waals surface area contributed by atoms with E-state index in [2.05, 4.69) is 4.98 Å². The zero-order chi connectivity index (χ0) is 13.2. The Bertz CT molecular complexity index is 315. The molecule has 0 fully saturated rings. The Hall–Kier alpha value is -1.17. The summed E-state index contributed by atoms with van der Waals surface area (Å²) in [7, 11) is 1.66. The van der Waals surface area contributed by atoms with E-state index in [9.17, 15) is 0 Å². The van der Waals surface area contributed by atoms with Crippen molar-refractivity contribution in [2.24, 2.45) is 5.73 Å². The Morgan fingerprint density at radius 1 is 1.22 bits per heavy atom. The zero-order valence-corrected chi connectivity index (χ0v) is 11.1. The first kappa shape index (κ1) is 14.9. The first-order valence-electron chi connectivity index (χ1n) is 6.15. The molecule has 18 heavy (non-hydrogen) atoms. The third-order valence-corrected chi connectivity index (χ3v) is 2.36. The molecule has 0 bridgehead atoms. The van der Waals surface area contributed by atoms with Crippen molar-refractivity contribution >= 4 is 0 Å². The summed E-state index contributed by atoms with van der Waals surface area (Å²) in [5.41, 5.74) is 6.58. The highest BCUT2D eigenvalue weighted by atomic mass is 16.5. The molecular weight excluding hydrogens is 232 g/mol. The van der Waals surface area contributed by atoms with Gasteiger partial charge in [0.15, 0.2) is 0 Å². The molecule has 1 rings (SSSR count). The Kier molecular flexibility index (Phi) is 7.32. The van der Waals surface area contributed by atoms with Crippen molar-refractivity contribution < 1.29 is 14.2 Å². The molecule has 5 heteroatoms. The molecule has 0 aliphatic heterocycles. The lowest BCUT2D eigenvalue weighted by Gasteiger charge is -2.08. The molecule has 5 nitrogen and oxygen atoms in total. The number of ether oxygens (including phenoxy) is 3. The maximum atomic E-state index is 5.71. The van der Waals surface area contributed by atoms with Crippen LogP contribution in [0.25, 0.3) is 0 Å². The highest BCUT2D eigenvalue weighted by molar-refractivity contribution is 5.21. The van der Waals surface area contributed by atoms with E-state index in [4.69, 9.17) is 19.9 Å². The lowest BCUT2D eigenvalue weighted by Crippen LogP contribution is -2.08. The summed E-state index contributed by atoms with van der Waals surface area (Å²) in [5.74, 6) is 0.760. The summed E-state index contributed by atoms with van der Waals surface area (Å²) < 4.78 is 15.7. The van der Waals surface area contributed by atoms with E-state index in [1.807, 2.05) is 19.1 Å². The molecule has 0 saturated carbocycles. The normalized spacial score (nSPS) is 12.4. The van der Waals surface area contributed by atoms with E-state index in [1.165, 1.54) is 0 Å². The lowest BCUT2D eigenvalue weighted by molar-refractivity contribution is 0.0644. The first-order valence-corrected chi connectivity index (χ1v) is 6.15. The fraction of sp³-hybridized carbons (Fsp3) is 0.615. The number of rotatable bonds is 9. The van der Waals surface area contributed by atoms with Gasteiger partial charge in [-0.3, -0.25) is 4.98 Å². The van der Waals surface area contributed by atoms with Crippen LogP contribution in [0.2, 0.25) is 0 Å². The van der Waals surface area contributed by atoms with E-state index in [0.29, 0.717) is 26.4 Å². The van der Waals surface area contributed by atoms with Crippen LogP contribution < -0.4 is 10.5 Å². The van der Waals surface area contributed by atoms with Gasteiger partial charge in [-0.05, 0) is 19.1 Å². The number of aromatic nitrogens is 1. The fourth-order valence-electron chi connectivity index (χ4n) is 1.34. The molecule has 0 aliphatic carbocycles. The zero-order valence-electron chi connectivity index (χ0n) is 11.1. The summed E-state index contributed by atoms with van der Waals surface area (Å²) in [4.78, 5) is 4.22. The van der Waals surface area contributed by atoms with Gasteiger partial charge in [-0.2, -0.15) is 0 Å². The number of hydrogen-bond acceptors (Lipinski definition) is 5. The Morgan fingerprint density at radius 2 is 2.06 bits per heavy atom. The van der Waals surface area contributed by atoms with Gasteiger partial charge >= 0.3 is 0 Å². The molecule has 1 heterocycles. The Labute approximate surface area is 108 Å². The van der Waals surface area contributed by atoms with E-state index in [0.717, 1.165) is 17.9 Å². The Balaban J connectivity index is 2.12. The van der Waals surface area contributed by atoms with Crippen LogP contribution in [-0.2, 0) is 9.47 Å². The van der Waals surface area contributed by atoms with Gasteiger partial charge in [-0.25, -0.2) is 0 Å². The van der Waals surface area contributed by atoms with Crippen molar-refractivity contribution in [1.29, 1.82) is 0 Å². The summed E-state index contributed by atoms with van der Waals surface area (Å²) in [6, 6.07) is 3.72. The van der Waals surface area contributed by atoms with Crippen molar-refractivity contribution in [2.45, 2.75) is 19.4 Å². The smallest absolute Gasteiger partial charge is 0.137 e. The van der Waals surface area contributed by atoms with Crippen molar-refractivity contribution in [1.82, 2.24) is 4.98 Å². The second-order valence-electron chi connectivity index (χ2n) is 4.01. The van der Waals surface area contributed by atoms with E-state index < -0.39 is 0 Å². The second-order valence-corrected chi connectivity index (χ2v) is 4.01. The number of pyridine rings is 1. The average molecular weight is 254 g/mol. The highest BCUT2D eigenvalue weighted by Gasteiger charge is 2.01. The topological polar surface area (TPSA) is 66.6 Å². The van der Waals surface area contributed by atoms with Gasteiger partial charge in [0.1, 0.15) is 5.75 Å². The monoisotopic (exact) mass is 254 g/mol. The maximum absolute atomic E-state index is 5.71. The molecule has 102 valence electrons. The van der Waals surface area contributed by atoms with E-state index in [-0.39, 0.29) is 6.04 Å². The molecular formula is C13H22N2O3. The van der Waals surface area contributed by atoms with Crippen LogP contribution in [0.4, 0.5) is 0 Å². The first-order chi connectivity index (χ1) is 8.74. The minimum absolute atomic E-state index is 0.0479. The van der Waals surface area contributed by atoms with Gasteiger partial charge in [0.25, 0.3) is 0 Å². The van der Waals surface area contributed by atoms with Crippen molar-refractivity contribution in [3.8, 4) is 5.75 Å². The molecule has 0 aromatic carbocycles. The molecule has 0 amide bonds. The van der Waals surface area contributed by atoms with Crippen molar-refractivity contribution in [3.05, 3.63) is 24.0 Å². The molecule has 1 aromatic heterocycles. The van der Waals surface area contributed by atoms with Crippen molar-refractivity contribution in [3.63, 3.8) is 0 Å². The summed E-state index contributed by atoms with van der Waals surface area (Å²) in [5, 5.41) is 0. The summed E-state index contributed by atoms with van der Waals surface area (Å²) >= 11 is 0. The van der Waals surface area contributed by atoms with Gasteiger partial charge < -0.3 is 19.9 Å². The van der Waals surface area contributed by atoms with E-state index >= 15 is 0 Å². The molecule has 1 aromatic rings. The number of nitrogens with two attached hydrogens (primary N) is 1. The van der Waals surface area contributed by atoms with Crippen LogP contribution in [-0.4, -0.2) is 38.5 Å². The molecule has 0 aliphatic rings. The quantitative estimate of drug-likeness (QED) is 0.677. The van der Waals surface area contributed by atoms with Crippen LogP contribution in [0.3, 0.4) is 0 Å². The lowest BCUT2D eigenvalue weighted by atomic mass is 10.2. The number of hydrogen-bond donors (Lipinski definition) is 1.